The van der Waals surface area contributed by atoms with Gasteiger partial charge in [0.15, 0.2) is 0 Å². The topological polar surface area (TPSA) is 77.9 Å². The number of methoxy groups -OCH3 is 3. The summed E-state index contributed by atoms with van der Waals surface area (Å²) in [5.74, 6) is 0.659. The first-order valence-corrected chi connectivity index (χ1v) is 7.93. The first-order valence-electron chi connectivity index (χ1n) is 7.93. The Balaban J connectivity index is 2.31. The maximum atomic E-state index is 11.9. The minimum absolute atomic E-state index is 0.123. The van der Waals surface area contributed by atoms with E-state index in [0.717, 1.165) is 16.9 Å². The average molecular weight is 353 g/mol. The predicted octanol–water partition coefficient (Wildman–Crippen LogP) is 3.93. The van der Waals surface area contributed by atoms with Gasteiger partial charge < -0.3 is 19.3 Å². The zero-order valence-electron chi connectivity index (χ0n) is 15.0. The number of carboxylic acids is 1. The van der Waals surface area contributed by atoms with Gasteiger partial charge in [-0.1, -0.05) is 0 Å². The van der Waals surface area contributed by atoms with Crippen LogP contribution in [0.1, 0.15) is 15.9 Å². The molecule has 1 aromatic heterocycles. The maximum absolute atomic E-state index is 11.9. The first-order chi connectivity index (χ1) is 12.5. The number of aromatic nitrogens is 1. The van der Waals surface area contributed by atoms with Crippen molar-refractivity contribution in [2.45, 2.75) is 6.92 Å². The van der Waals surface area contributed by atoms with Crippen LogP contribution in [-0.4, -0.2) is 37.4 Å². The largest absolute Gasteiger partial charge is 0.497 e. The van der Waals surface area contributed by atoms with Gasteiger partial charge in [-0.25, -0.2) is 9.78 Å². The van der Waals surface area contributed by atoms with Crippen LogP contribution >= 0.6 is 0 Å². The fourth-order valence-electron chi connectivity index (χ4n) is 2.94. The second kappa shape index (κ2) is 6.92. The van der Waals surface area contributed by atoms with Crippen LogP contribution in [0.25, 0.3) is 22.2 Å². The molecule has 2 aromatic carbocycles. The van der Waals surface area contributed by atoms with Crippen LogP contribution in [0.4, 0.5) is 0 Å². The maximum Gasteiger partial charge on any atom is 0.336 e. The predicted molar refractivity (Wildman–Crippen MR) is 98.5 cm³/mol. The molecule has 0 aliphatic heterocycles. The highest BCUT2D eigenvalue weighted by atomic mass is 16.5. The van der Waals surface area contributed by atoms with Gasteiger partial charge in [-0.2, -0.15) is 0 Å². The highest BCUT2D eigenvalue weighted by Crippen LogP contribution is 2.35. The highest BCUT2D eigenvalue weighted by molar-refractivity contribution is 6.06. The minimum atomic E-state index is -1.05. The van der Waals surface area contributed by atoms with Crippen LogP contribution in [0.5, 0.6) is 17.2 Å². The lowest BCUT2D eigenvalue weighted by atomic mass is 10.0. The van der Waals surface area contributed by atoms with E-state index in [9.17, 15) is 9.90 Å². The highest BCUT2D eigenvalue weighted by Gasteiger charge is 2.18. The standard InChI is InChI=1S/C20H19NO5/c1-11-7-12(5-6-17(11)25-3)15-10-14(20(22)23)19-16(21-15)8-13(24-2)9-18(19)26-4/h5-10H,1-4H3,(H,22,23). The lowest BCUT2D eigenvalue weighted by Gasteiger charge is -2.13. The molecule has 0 saturated heterocycles. The molecule has 0 aliphatic carbocycles. The molecule has 6 nitrogen and oxygen atoms in total. The van der Waals surface area contributed by atoms with Crippen molar-refractivity contribution < 1.29 is 24.1 Å². The number of fused-ring (bicyclic) bond motifs is 1. The van der Waals surface area contributed by atoms with E-state index in [2.05, 4.69) is 4.98 Å². The summed E-state index contributed by atoms with van der Waals surface area (Å²) >= 11 is 0. The smallest absolute Gasteiger partial charge is 0.336 e. The van der Waals surface area contributed by atoms with E-state index in [-0.39, 0.29) is 5.56 Å². The molecular formula is C20H19NO5. The molecule has 3 rings (SSSR count). The van der Waals surface area contributed by atoms with Gasteiger partial charge in [-0.05, 0) is 36.8 Å². The van der Waals surface area contributed by atoms with Gasteiger partial charge in [-0.15, -0.1) is 0 Å². The Morgan fingerprint density at radius 3 is 2.27 bits per heavy atom. The molecule has 0 saturated carbocycles. The molecule has 0 amide bonds. The number of carboxylic acid groups (broad SMARTS) is 1. The van der Waals surface area contributed by atoms with Gasteiger partial charge in [-0.3, -0.25) is 0 Å². The summed E-state index contributed by atoms with van der Waals surface area (Å²) in [5.41, 5.74) is 2.90. The van der Waals surface area contributed by atoms with E-state index in [1.54, 1.807) is 25.3 Å². The monoisotopic (exact) mass is 353 g/mol. The molecule has 0 radical (unpaired) electrons. The second-order valence-electron chi connectivity index (χ2n) is 5.77. The summed E-state index contributed by atoms with van der Waals surface area (Å²) in [5, 5.41) is 10.1. The van der Waals surface area contributed by atoms with Crippen molar-refractivity contribution in [1.29, 1.82) is 0 Å². The summed E-state index contributed by atoms with van der Waals surface area (Å²) in [6, 6.07) is 10.5. The van der Waals surface area contributed by atoms with Gasteiger partial charge in [0.2, 0.25) is 0 Å². The van der Waals surface area contributed by atoms with Crippen molar-refractivity contribution in [3.8, 4) is 28.5 Å². The van der Waals surface area contributed by atoms with Crippen molar-refractivity contribution >= 4 is 16.9 Å². The molecule has 134 valence electrons. The molecule has 0 fully saturated rings. The van der Waals surface area contributed by atoms with E-state index in [4.69, 9.17) is 14.2 Å². The number of carbonyl (C=O) groups is 1. The summed E-state index contributed by atoms with van der Waals surface area (Å²) < 4.78 is 15.9. The lowest BCUT2D eigenvalue weighted by Crippen LogP contribution is -2.02. The number of nitrogens with zero attached hydrogens (tertiary/aromatic N) is 1. The number of hydrogen-bond donors (Lipinski definition) is 1. The Morgan fingerprint density at radius 2 is 1.69 bits per heavy atom. The first kappa shape index (κ1) is 17.5. The number of rotatable bonds is 5. The molecule has 1 heterocycles. The normalized spacial score (nSPS) is 10.6. The number of pyridine rings is 1. The van der Waals surface area contributed by atoms with E-state index < -0.39 is 5.97 Å². The third-order valence-electron chi connectivity index (χ3n) is 4.22. The van der Waals surface area contributed by atoms with E-state index >= 15 is 0 Å². The Morgan fingerprint density at radius 1 is 0.962 bits per heavy atom. The third-order valence-corrected chi connectivity index (χ3v) is 4.22. The molecule has 0 unspecified atom stereocenters. The van der Waals surface area contributed by atoms with Crippen molar-refractivity contribution in [2.24, 2.45) is 0 Å². The molecule has 0 atom stereocenters. The van der Waals surface area contributed by atoms with Crippen molar-refractivity contribution in [1.82, 2.24) is 4.98 Å². The second-order valence-corrected chi connectivity index (χ2v) is 5.77. The third kappa shape index (κ3) is 3.01. The molecular weight excluding hydrogens is 334 g/mol. The summed E-state index contributed by atoms with van der Waals surface area (Å²) in [7, 11) is 4.63. The van der Waals surface area contributed by atoms with E-state index in [1.165, 1.54) is 14.2 Å². The fourth-order valence-corrected chi connectivity index (χ4v) is 2.94. The van der Waals surface area contributed by atoms with Crippen LogP contribution in [0.2, 0.25) is 0 Å². The zero-order valence-corrected chi connectivity index (χ0v) is 15.0. The van der Waals surface area contributed by atoms with Gasteiger partial charge in [0.1, 0.15) is 17.2 Å². The van der Waals surface area contributed by atoms with Crippen LogP contribution in [0.3, 0.4) is 0 Å². The number of aromatic carboxylic acids is 1. The van der Waals surface area contributed by atoms with Gasteiger partial charge >= 0.3 is 5.97 Å². The SMILES string of the molecule is COc1cc(OC)c2c(C(=O)O)cc(-c3ccc(OC)c(C)c3)nc2c1. The van der Waals surface area contributed by atoms with E-state index in [0.29, 0.717) is 28.1 Å². The van der Waals surface area contributed by atoms with Crippen molar-refractivity contribution in [3.63, 3.8) is 0 Å². The summed E-state index contributed by atoms with van der Waals surface area (Å²) in [6.45, 7) is 1.92. The Hall–Kier alpha value is -3.28. The average Bonchev–Trinajstić information content (AvgIpc) is 2.65. The zero-order chi connectivity index (χ0) is 18.8. The molecule has 3 aromatic rings. The molecule has 1 N–H and O–H groups in total. The lowest BCUT2D eigenvalue weighted by molar-refractivity contribution is 0.0698. The molecule has 0 aliphatic rings. The summed E-state index contributed by atoms with van der Waals surface area (Å²) in [4.78, 5) is 16.5. The Labute approximate surface area is 151 Å². The van der Waals surface area contributed by atoms with Crippen LogP contribution in [0, 0.1) is 6.92 Å². The molecule has 0 spiro atoms. The number of benzene rings is 2. The molecule has 26 heavy (non-hydrogen) atoms. The Bertz CT molecular complexity index is 997. The van der Waals surface area contributed by atoms with Crippen LogP contribution in [0.15, 0.2) is 36.4 Å². The summed E-state index contributed by atoms with van der Waals surface area (Å²) in [6.07, 6.45) is 0. The van der Waals surface area contributed by atoms with E-state index in [1.807, 2.05) is 25.1 Å². The van der Waals surface area contributed by atoms with Crippen molar-refractivity contribution in [3.05, 3.63) is 47.5 Å². The quantitative estimate of drug-likeness (QED) is 0.749. The van der Waals surface area contributed by atoms with Gasteiger partial charge in [0, 0.05) is 17.7 Å². The molecule has 6 heteroatoms. The van der Waals surface area contributed by atoms with Crippen LogP contribution < -0.4 is 14.2 Å². The number of hydrogen-bond acceptors (Lipinski definition) is 5. The van der Waals surface area contributed by atoms with Gasteiger partial charge in [0.25, 0.3) is 0 Å². The van der Waals surface area contributed by atoms with Crippen molar-refractivity contribution in [2.75, 3.05) is 21.3 Å². The number of aryl methyl sites for hydroxylation is 1. The number of ether oxygens (including phenoxy) is 3. The molecule has 0 bridgehead atoms. The minimum Gasteiger partial charge on any atom is -0.497 e. The fraction of sp³-hybridized carbons (Fsp3) is 0.200. The van der Waals surface area contributed by atoms with Gasteiger partial charge in [0.05, 0.1) is 43.5 Å². The Kier molecular flexibility index (Phi) is 4.67. The van der Waals surface area contributed by atoms with Crippen LogP contribution in [-0.2, 0) is 0 Å².